The summed E-state index contributed by atoms with van der Waals surface area (Å²) in [5, 5.41) is 0. The molecular weight excluding hydrogens is 1400 g/mol. The van der Waals surface area contributed by atoms with Gasteiger partial charge in [-0.1, -0.05) is 195 Å². The second kappa shape index (κ2) is 34.2. The SMILES string of the molecule is C[n+]1c(-n2cc(F)c[n+]2C)cccc1-n1cc(F)c[n+]1C.C[n+]1c(-n2ccc[n+]2C)cccc1-n1ccc[n+]1C.Cc1ccccc1Oc1cn(-c2c(C(C)C)cc(-c3ccccc3)cc2C(C)C)c(-c2ccccc2C)[n+]1C.Cc1ccccc1Oc1cn(-c2c(C(C)C)cccc2C(C)C)c(-c2ccccc2C)[n+]1C. The maximum atomic E-state index is 13.4. The lowest BCUT2D eigenvalue weighted by atomic mass is 9.88. The van der Waals surface area contributed by atoms with Gasteiger partial charge in [0.05, 0.1) is 39.3 Å². The van der Waals surface area contributed by atoms with Gasteiger partial charge in [-0.3, -0.25) is 0 Å². The molecular formula is C94H108F2N14O2+8. The molecule has 0 radical (unpaired) electrons. The van der Waals surface area contributed by atoms with Crippen molar-refractivity contribution in [3.8, 4) is 91.8 Å². The summed E-state index contributed by atoms with van der Waals surface area (Å²) < 4.78 is 67.9. The van der Waals surface area contributed by atoms with Gasteiger partial charge in [0.25, 0.3) is 34.9 Å². The van der Waals surface area contributed by atoms with Crippen LogP contribution in [0.3, 0.4) is 0 Å². The fourth-order valence-corrected chi connectivity index (χ4v) is 14.6. The van der Waals surface area contributed by atoms with Gasteiger partial charge in [-0.2, -0.15) is 27.0 Å². The Hall–Kier alpha value is -12.4. The molecule has 0 amide bonds. The number of pyridine rings is 2. The topological polar surface area (TPSA) is 79.1 Å². The van der Waals surface area contributed by atoms with Crippen LogP contribution in [0.15, 0.2) is 268 Å². The molecule has 0 fully saturated rings. The number of aromatic nitrogens is 14. The molecule has 0 unspecified atom stereocenters. The summed E-state index contributed by atoms with van der Waals surface area (Å²) in [5.74, 6) is 10.2. The normalized spacial score (nSPS) is 11.3. The first-order valence-corrected chi connectivity index (χ1v) is 38.4. The summed E-state index contributed by atoms with van der Waals surface area (Å²) in [6.45, 7) is 26.8. The van der Waals surface area contributed by atoms with Crippen LogP contribution in [0, 0.1) is 39.3 Å². The van der Waals surface area contributed by atoms with E-state index in [0.29, 0.717) is 23.7 Å². The summed E-state index contributed by atoms with van der Waals surface area (Å²) in [7, 11) is 15.7. The van der Waals surface area contributed by atoms with Crippen molar-refractivity contribution in [2.24, 2.45) is 56.4 Å². The number of imidazole rings is 2. The van der Waals surface area contributed by atoms with Gasteiger partial charge in [-0.05, 0) is 152 Å². The lowest BCUT2D eigenvalue weighted by molar-refractivity contribution is -0.779. The van der Waals surface area contributed by atoms with Crippen LogP contribution in [0.1, 0.15) is 124 Å². The average Bonchev–Trinajstić information content (AvgIpc) is 1.66. The highest BCUT2D eigenvalue weighted by molar-refractivity contribution is 5.72. The molecule has 8 heterocycles. The zero-order chi connectivity index (χ0) is 79.9. The van der Waals surface area contributed by atoms with Gasteiger partial charge in [-0.25, -0.2) is 9.13 Å². The quantitative estimate of drug-likeness (QED) is 0.0852. The first kappa shape index (κ1) is 79.1. The number of para-hydroxylation sites is 3. The van der Waals surface area contributed by atoms with Crippen LogP contribution >= 0.6 is 0 Å². The van der Waals surface area contributed by atoms with Gasteiger partial charge in [-0.15, -0.1) is 0 Å². The molecule has 0 atom stereocenters. The van der Waals surface area contributed by atoms with Crippen LogP contribution in [0.2, 0.25) is 0 Å². The number of nitrogens with zero attached hydrogens (tertiary/aromatic N) is 14. The number of rotatable bonds is 17. The zero-order valence-corrected chi connectivity index (χ0v) is 68.5. The van der Waals surface area contributed by atoms with Crippen molar-refractivity contribution in [1.29, 1.82) is 0 Å². The number of hydrogen-bond donors (Lipinski definition) is 0. The molecule has 0 aliphatic heterocycles. The van der Waals surface area contributed by atoms with Crippen LogP contribution < -0.4 is 46.5 Å². The Morgan fingerprint density at radius 3 is 0.991 bits per heavy atom. The Bertz CT molecular complexity index is 5650. The van der Waals surface area contributed by atoms with Crippen molar-refractivity contribution in [3.63, 3.8) is 0 Å². The fraction of sp³-hybridized carbons (Fsp3) is 0.255. The van der Waals surface area contributed by atoms with Crippen molar-refractivity contribution < 1.29 is 55.3 Å². The van der Waals surface area contributed by atoms with Crippen LogP contribution in [0.25, 0.3) is 68.5 Å². The Morgan fingerprint density at radius 2 is 0.652 bits per heavy atom. The van der Waals surface area contributed by atoms with Gasteiger partial charge >= 0.3 is 11.8 Å². The van der Waals surface area contributed by atoms with Crippen LogP contribution in [0.5, 0.6) is 23.3 Å². The molecule has 572 valence electrons. The number of benzene rings is 7. The second-order valence-corrected chi connectivity index (χ2v) is 30.1. The van der Waals surface area contributed by atoms with E-state index in [9.17, 15) is 8.78 Å². The maximum Gasteiger partial charge on any atom is 0.330 e. The predicted molar refractivity (Wildman–Crippen MR) is 436 cm³/mol. The largest absolute Gasteiger partial charge is 0.420 e. The highest BCUT2D eigenvalue weighted by Crippen LogP contribution is 2.41. The average molecular weight is 1500 g/mol. The molecule has 0 bridgehead atoms. The Balaban J connectivity index is 0.000000144. The van der Waals surface area contributed by atoms with Gasteiger partial charge in [0.15, 0.2) is 53.0 Å². The highest BCUT2D eigenvalue weighted by atomic mass is 19.1. The number of hydrogen-bond acceptors (Lipinski definition) is 2. The minimum Gasteiger partial charge on any atom is -0.420 e. The maximum absolute atomic E-state index is 13.4. The zero-order valence-electron chi connectivity index (χ0n) is 68.5. The molecule has 16 nitrogen and oxygen atoms in total. The first-order chi connectivity index (χ1) is 53.7. The van der Waals surface area contributed by atoms with E-state index in [1.807, 2.05) is 105 Å². The lowest BCUT2D eigenvalue weighted by Crippen LogP contribution is -2.49. The molecule has 0 spiro atoms. The third-order valence-corrected chi connectivity index (χ3v) is 20.8. The highest BCUT2D eigenvalue weighted by Gasteiger charge is 2.35. The van der Waals surface area contributed by atoms with E-state index in [-0.39, 0.29) is 11.6 Å². The monoisotopic (exact) mass is 1500 g/mol. The van der Waals surface area contributed by atoms with E-state index in [0.717, 1.165) is 69.3 Å². The molecule has 112 heavy (non-hydrogen) atoms. The number of halogens is 2. The lowest BCUT2D eigenvalue weighted by Gasteiger charge is -2.20. The summed E-state index contributed by atoms with van der Waals surface area (Å²) >= 11 is 0. The van der Waals surface area contributed by atoms with Crippen LogP contribution in [-0.4, -0.2) is 27.9 Å². The van der Waals surface area contributed by atoms with Crippen molar-refractivity contribution in [2.75, 3.05) is 0 Å². The van der Waals surface area contributed by atoms with Gasteiger partial charge in [0.1, 0.15) is 35.3 Å². The van der Waals surface area contributed by atoms with Crippen molar-refractivity contribution in [2.45, 2.75) is 107 Å². The molecule has 8 aromatic heterocycles. The standard InChI is InChI=1S/C36H39N2O.C30H35N2O.C14H16F2N5.C14H18N5/c1-24(2)31-21-29(28-17-9-8-10-18-28)22-32(25(3)4)35(31)38-23-34(39-33-20-14-12-16-27(33)6)37(7)36(38)30-19-13-11-15-26(30)5;1-20(2)24-16-12-17-25(21(3)4)29(24)32-19-28(33-27-18-11-9-14-23(27)6)31(7)30(32)26-15-10-8-13-22(26)5;1-17-7-11(15)9-20(17)13-5-4-6-14(19(13)3)21-10-12(16)8-18(21)2;1-15-9-5-11-18(15)13-7-4-8-14(17(13)3)19-12-6-10-16(19)2/h8-25H,1-7H3;8-21H,1-7H3;4-10H,1-3H3;4-12H,1-3H3/q2*+1;2*+3. The van der Waals surface area contributed by atoms with Gasteiger partial charge in [0.2, 0.25) is 36.4 Å². The molecule has 0 saturated heterocycles. The van der Waals surface area contributed by atoms with Gasteiger partial charge in [0, 0.05) is 58.7 Å². The van der Waals surface area contributed by atoms with Crippen molar-refractivity contribution >= 4 is 0 Å². The van der Waals surface area contributed by atoms with E-state index in [4.69, 9.17) is 9.47 Å². The van der Waals surface area contributed by atoms with Crippen molar-refractivity contribution in [3.05, 3.63) is 324 Å². The predicted octanol–water partition coefficient (Wildman–Crippen LogP) is 16.7. The molecule has 0 N–H and O–H groups in total. The van der Waals surface area contributed by atoms with Gasteiger partial charge < -0.3 is 9.47 Å². The summed E-state index contributed by atoms with van der Waals surface area (Å²) in [4.78, 5) is 0. The summed E-state index contributed by atoms with van der Waals surface area (Å²) in [6.07, 6.45) is 18.1. The van der Waals surface area contributed by atoms with Crippen LogP contribution in [0.4, 0.5) is 8.78 Å². The van der Waals surface area contributed by atoms with E-state index in [1.54, 1.807) is 32.8 Å². The first-order valence-electron chi connectivity index (χ1n) is 38.4. The Kier molecular flexibility index (Phi) is 24.2. The van der Waals surface area contributed by atoms with Crippen LogP contribution in [-0.2, 0) is 56.4 Å². The van der Waals surface area contributed by atoms with E-state index < -0.39 is 0 Å². The summed E-state index contributed by atoms with van der Waals surface area (Å²) in [6, 6.07) is 71.7. The van der Waals surface area contributed by atoms with E-state index in [1.165, 1.54) is 91.8 Å². The van der Waals surface area contributed by atoms with E-state index >= 15 is 0 Å². The number of aryl methyl sites for hydroxylation is 8. The third-order valence-electron chi connectivity index (χ3n) is 20.8. The minimum absolute atomic E-state index is 0.319. The Labute approximate surface area is 658 Å². The number of ether oxygens (including phenoxy) is 2. The second-order valence-electron chi connectivity index (χ2n) is 30.1. The molecule has 15 rings (SSSR count). The molecule has 0 aliphatic carbocycles. The third kappa shape index (κ3) is 16.7. The summed E-state index contributed by atoms with van der Waals surface area (Å²) in [5.41, 5.74) is 17.4. The van der Waals surface area contributed by atoms with Crippen molar-refractivity contribution in [1.82, 2.24) is 27.9 Å². The molecule has 0 aliphatic rings. The Morgan fingerprint density at radius 1 is 0.312 bits per heavy atom. The fourth-order valence-electron chi connectivity index (χ4n) is 14.6. The molecule has 18 heteroatoms. The molecule has 15 aromatic rings. The smallest absolute Gasteiger partial charge is 0.330 e. The van der Waals surface area contributed by atoms with E-state index in [2.05, 4.69) is 310 Å². The molecule has 7 aromatic carbocycles. The minimum atomic E-state index is -0.319. The molecule has 0 saturated carbocycles.